The molecule has 1 rings (SSSR count). The Morgan fingerprint density at radius 2 is 1.88 bits per heavy atom. The minimum Gasteiger partial charge on any atom is -0.380 e. The van der Waals surface area contributed by atoms with Gasteiger partial charge in [0.25, 0.3) is 0 Å². The van der Waals surface area contributed by atoms with Crippen LogP contribution in [0.4, 0.5) is 0 Å². The average molecular weight is 347 g/mol. The first-order chi connectivity index (χ1) is 8.21. The van der Waals surface area contributed by atoms with Gasteiger partial charge in [-0.05, 0) is 59.7 Å². The zero-order valence-electron chi connectivity index (χ0n) is 10.9. The molecular formula is C14H22INO. The largest absolute Gasteiger partial charge is 0.380 e. The SMILES string of the molecule is CCNC(Cc1ccc(I)cc1)C(CC)OC. The molecule has 0 aliphatic heterocycles. The van der Waals surface area contributed by atoms with Gasteiger partial charge in [-0.1, -0.05) is 26.0 Å². The van der Waals surface area contributed by atoms with Crippen molar-refractivity contribution >= 4 is 22.6 Å². The zero-order valence-corrected chi connectivity index (χ0v) is 13.0. The minimum absolute atomic E-state index is 0.286. The van der Waals surface area contributed by atoms with E-state index < -0.39 is 0 Å². The number of rotatable bonds is 7. The van der Waals surface area contributed by atoms with E-state index in [9.17, 15) is 0 Å². The first-order valence-corrected chi connectivity index (χ1v) is 7.29. The van der Waals surface area contributed by atoms with Crippen LogP contribution in [-0.4, -0.2) is 25.8 Å². The van der Waals surface area contributed by atoms with Crippen LogP contribution in [0.2, 0.25) is 0 Å². The summed E-state index contributed by atoms with van der Waals surface area (Å²) in [5, 5.41) is 3.52. The van der Waals surface area contributed by atoms with Crippen LogP contribution in [0, 0.1) is 3.57 Å². The van der Waals surface area contributed by atoms with Crippen LogP contribution in [0.25, 0.3) is 0 Å². The van der Waals surface area contributed by atoms with Gasteiger partial charge in [0.1, 0.15) is 0 Å². The van der Waals surface area contributed by atoms with Crippen molar-refractivity contribution in [1.29, 1.82) is 0 Å². The number of halogens is 1. The second-order valence-electron chi connectivity index (χ2n) is 4.18. The summed E-state index contributed by atoms with van der Waals surface area (Å²) in [5.74, 6) is 0. The summed E-state index contributed by atoms with van der Waals surface area (Å²) in [4.78, 5) is 0. The molecule has 2 atom stereocenters. The van der Waals surface area contributed by atoms with Gasteiger partial charge in [-0.3, -0.25) is 0 Å². The highest BCUT2D eigenvalue weighted by molar-refractivity contribution is 14.1. The molecule has 1 aromatic rings. The second kappa shape index (κ2) is 8.06. The van der Waals surface area contributed by atoms with E-state index in [4.69, 9.17) is 4.74 Å². The predicted octanol–water partition coefficient (Wildman–Crippen LogP) is 3.24. The number of likely N-dealkylation sites (N-methyl/N-ethyl adjacent to an activating group) is 1. The second-order valence-corrected chi connectivity index (χ2v) is 5.42. The molecule has 0 heterocycles. The number of hydrogen-bond donors (Lipinski definition) is 1. The Kier molecular flexibility index (Phi) is 7.08. The summed E-state index contributed by atoms with van der Waals surface area (Å²) in [7, 11) is 1.80. The van der Waals surface area contributed by atoms with Crippen LogP contribution >= 0.6 is 22.6 Å². The molecule has 0 aliphatic rings. The van der Waals surface area contributed by atoms with Gasteiger partial charge in [0.2, 0.25) is 0 Å². The number of hydrogen-bond acceptors (Lipinski definition) is 2. The van der Waals surface area contributed by atoms with Crippen molar-refractivity contribution in [3.63, 3.8) is 0 Å². The third-order valence-corrected chi connectivity index (χ3v) is 3.71. The molecule has 17 heavy (non-hydrogen) atoms. The minimum atomic E-state index is 0.286. The van der Waals surface area contributed by atoms with Crippen LogP contribution < -0.4 is 5.32 Å². The number of benzene rings is 1. The lowest BCUT2D eigenvalue weighted by atomic mass is 9.99. The van der Waals surface area contributed by atoms with Gasteiger partial charge < -0.3 is 10.1 Å². The lowest BCUT2D eigenvalue weighted by Crippen LogP contribution is -2.42. The highest BCUT2D eigenvalue weighted by atomic mass is 127. The van der Waals surface area contributed by atoms with Crippen molar-refractivity contribution in [1.82, 2.24) is 5.32 Å². The molecule has 0 fully saturated rings. The standard InChI is InChI=1S/C14H22INO/c1-4-14(17-3)13(16-5-2)10-11-6-8-12(15)9-7-11/h6-9,13-14,16H,4-5,10H2,1-3H3. The van der Waals surface area contributed by atoms with Crippen molar-refractivity contribution in [2.24, 2.45) is 0 Å². The van der Waals surface area contributed by atoms with Crippen molar-refractivity contribution < 1.29 is 4.74 Å². The lowest BCUT2D eigenvalue weighted by Gasteiger charge is -2.26. The van der Waals surface area contributed by atoms with E-state index in [0.717, 1.165) is 19.4 Å². The Morgan fingerprint density at radius 1 is 1.24 bits per heavy atom. The Labute approximate surface area is 118 Å². The quantitative estimate of drug-likeness (QED) is 0.765. The fourth-order valence-electron chi connectivity index (χ4n) is 2.09. The molecule has 2 unspecified atom stereocenters. The zero-order chi connectivity index (χ0) is 12.7. The Morgan fingerprint density at radius 3 is 2.35 bits per heavy atom. The molecule has 2 nitrogen and oxygen atoms in total. The van der Waals surface area contributed by atoms with Gasteiger partial charge in [-0.2, -0.15) is 0 Å². The van der Waals surface area contributed by atoms with Crippen molar-refractivity contribution in [3.8, 4) is 0 Å². The van der Waals surface area contributed by atoms with Crippen molar-refractivity contribution in [2.75, 3.05) is 13.7 Å². The molecule has 0 saturated heterocycles. The smallest absolute Gasteiger partial charge is 0.0724 e. The first kappa shape index (κ1) is 14.9. The lowest BCUT2D eigenvalue weighted by molar-refractivity contribution is 0.0658. The van der Waals surface area contributed by atoms with Crippen molar-refractivity contribution in [3.05, 3.63) is 33.4 Å². The molecule has 0 aliphatic carbocycles. The summed E-state index contributed by atoms with van der Waals surface area (Å²) in [5.41, 5.74) is 1.37. The molecule has 0 amide bonds. The van der Waals surface area contributed by atoms with E-state index in [-0.39, 0.29) is 6.10 Å². The first-order valence-electron chi connectivity index (χ1n) is 6.21. The summed E-state index contributed by atoms with van der Waals surface area (Å²) in [6, 6.07) is 9.12. The van der Waals surface area contributed by atoms with Crippen molar-refractivity contribution in [2.45, 2.75) is 38.8 Å². The Bertz CT molecular complexity index is 309. The Balaban J connectivity index is 2.68. The normalized spacial score (nSPS) is 14.6. The van der Waals surface area contributed by atoms with Crippen LogP contribution in [0.5, 0.6) is 0 Å². The van der Waals surface area contributed by atoms with Crippen LogP contribution in [0.1, 0.15) is 25.8 Å². The molecule has 0 saturated carbocycles. The number of nitrogens with one attached hydrogen (secondary N) is 1. The molecule has 1 N–H and O–H groups in total. The van der Waals surface area contributed by atoms with Gasteiger partial charge in [-0.25, -0.2) is 0 Å². The number of methoxy groups -OCH3 is 1. The van der Waals surface area contributed by atoms with E-state index in [0.29, 0.717) is 6.04 Å². The van der Waals surface area contributed by atoms with E-state index in [2.05, 4.69) is 66.0 Å². The van der Waals surface area contributed by atoms with Gasteiger partial charge in [0, 0.05) is 16.7 Å². The maximum atomic E-state index is 5.55. The summed E-state index contributed by atoms with van der Waals surface area (Å²) >= 11 is 2.33. The van der Waals surface area contributed by atoms with E-state index >= 15 is 0 Å². The molecule has 0 radical (unpaired) electrons. The molecule has 0 bridgehead atoms. The molecule has 96 valence electrons. The highest BCUT2D eigenvalue weighted by Gasteiger charge is 2.18. The van der Waals surface area contributed by atoms with Gasteiger partial charge in [0.05, 0.1) is 6.10 Å². The maximum absolute atomic E-state index is 5.55. The van der Waals surface area contributed by atoms with Gasteiger partial charge in [-0.15, -0.1) is 0 Å². The van der Waals surface area contributed by atoms with Crippen LogP contribution in [0.15, 0.2) is 24.3 Å². The predicted molar refractivity (Wildman–Crippen MR) is 81.4 cm³/mol. The maximum Gasteiger partial charge on any atom is 0.0724 e. The third kappa shape index (κ3) is 4.94. The molecule has 1 aromatic carbocycles. The van der Waals surface area contributed by atoms with Gasteiger partial charge in [0.15, 0.2) is 0 Å². The van der Waals surface area contributed by atoms with E-state index in [1.807, 2.05) is 0 Å². The monoisotopic (exact) mass is 347 g/mol. The number of ether oxygens (including phenoxy) is 1. The fourth-order valence-corrected chi connectivity index (χ4v) is 2.45. The fraction of sp³-hybridized carbons (Fsp3) is 0.571. The van der Waals surface area contributed by atoms with Gasteiger partial charge >= 0.3 is 0 Å². The molecule has 3 heteroatoms. The van der Waals surface area contributed by atoms with Crippen LogP contribution in [0.3, 0.4) is 0 Å². The Hall–Kier alpha value is -0.130. The topological polar surface area (TPSA) is 21.3 Å². The molecule has 0 spiro atoms. The molecule has 0 aromatic heterocycles. The summed E-state index contributed by atoms with van der Waals surface area (Å²) < 4.78 is 6.83. The third-order valence-electron chi connectivity index (χ3n) is 2.99. The van der Waals surface area contributed by atoms with E-state index in [1.165, 1.54) is 9.13 Å². The van der Waals surface area contributed by atoms with E-state index in [1.54, 1.807) is 7.11 Å². The summed E-state index contributed by atoms with van der Waals surface area (Å²) in [6.07, 6.45) is 2.35. The van der Waals surface area contributed by atoms with Crippen LogP contribution in [-0.2, 0) is 11.2 Å². The average Bonchev–Trinajstić information content (AvgIpc) is 2.34. The molecular weight excluding hydrogens is 325 g/mol. The highest BCUT2D eigenvalue weighted by Crippen LogP contribution is 2.13. The summed E-state index contributed by atoms with van der Waals surface area (Å²) in [6.45, 7) is 5.30.